The van der Waals surface area contributed by atoms with Crippen molar-refractivity contribution in [3.8, 4) is 0 Å². The van der Waals surface area contributed by atoms with Crippen LogP contribution in [-0.2, 0) is 9.84 Å². The second-order valence-electron chi connectivity index (χ2n) is 6.65. The van der Waals surface area contributed by atoms with E-state index in [1.54, 1.807) is 12.1 Å². The van der Waals surface area contributed by atoms with E-state index in [0.717, 1.165) is 23.4 Å². The highest BCUT2D eigenvalue weighted by Crippen LogP contribution is 2.36. The second-order valence-corrected chi connectivity index (χ2v) is 8.67. The summed E-state index contributed by atoms with van der Waals surface area (Å²) in [6.07, 6.45) is 2.01. The smallest absolute Gasteiger partial charge is 0.175 e. The third kappa shape index (κ3) is 3.64. The second kappa shape index (κ2) is 7.00. The molecule has 1 heterocycles. The largest absolute Gasteiger partial charge is 0.257 e. The molecule has 0 fully saturated rings. The molecule has 3 aromatic rings. The van der Waals surface area contributed by atoms with Crippen molar-refractivity contribution in [3.63, 3.8) is 0 Å². The fourth-order valence-electron chi connectivity index (χ4n) is 3.33. The molecule has 0 N–H and O–H groups in total. The molecule has 0 saturated heterocycles. The topological polar surface area (TPSA) is 49.7 Å². The first-order valence-corrected chi connectivity index (χ1v) is 10.7. The number of hydrogen-bond donors (Lipinski definition) is 0. The first-order chi connectivity index (χ1) is 13.0. The molecule has 1 aliphatic heterocycles. The Balaban J connectivity index is 1.74. The van der Waals surface area contributed by atoms with E-state index in [-0.39, 0.29) is 6.04 Å². The van der Waals surface area contributed by atoms with E-state index < -0.39 is 9.84 Å². The zero-order valence-corrected chi connectivity index (χ0v) is 15.8. The summed E-state index contributed by atoms with van der Waals surface area (Å²) in [6.45, 7) is 0. The van der Waals surface area contributed by atoms with Crippen LogP contribution in [0.15, 0.2) is 94.9 Å². The van der Waals surface area contributed by atoms with Gasteiger partial charge in [-0.15, -0.1) is 0 Å². The van der Waals surface area contributed by atoms with Gasteiger partial charge >= 0.3 is 0 Å². The van der Waals surface area contributed by atoms with Crippen LogP contribution >= 0.6 is 0 Å². The molecule has 1 atom stereocenters. The maximum absolute atomic E-state index is 11.7. The molecule has 27 heavy (non-hydrogen) atoms. The number of sulfone groups is 1. The van der Waals surface area contributed by atoms with Gasteiger partial charge in [-0.25, -0.2) is 8.42 Å². The molecule has 136 valence electrons. The monoisotopic (exact) mass is 376 g/mol. The van der Waals surface area contributed by atoms with Crippen molar-refractivity contribution in [1.29, 1.82) is 0 Å². The van der Waals surface area contributed by atoms with Crippen molar-refractivity contribution >= 4 is 21.2 Å². The number of benzene rings is 3. The lowest BCUT2D eigenvalue weighted by Gasteiger charge is -2.24. The standard InChI is InChI=1S/C22H20N2O2S/c1-27(25,26)20-14-12-19(13-15-20)24-22(18-10-6-3-7-11-18)16-21(23-24)17-8-4-2-5-9-17/h2-15,22H,16H2,1H3/t22-/m1/s1. The van der Waals surface area contributed by atoms with Gasteiger partial charge in [-0.2, -0.15) is 5.10 Å². The van der Waals surface area contributed by atoms with Crippen LogP contribution < -0.4 is 5.01 Å². The van der Waals surface area contributed by atoms with E-state index >= 15 is 0 Å². The number of hydrazone groups is 1. The summed E-state index contributed by atoms with van der Waals surface area (Å²) in [5.41, 5.74) is 4.19. The van der Waals surface area contributed by atoms with E-state index in [0.29, 0.717) is 4.90 Å². The Hall–Kier alpha value is -2.92. The number of hydrogen-bond acceptors (Lipinski definition) is 4. The Labute approximate surface area is 159 Å². The van der Waals surface area contributed by atoms with Crippen LogP contribution in [0.2, 0.25) is 0 Å². The third-order valence-electron chi connectivity index (χ3n) is 4.73. The van der Waals surface area contributed by atoms with Crippen molar-refractivity contribution in [2.75, 3.05) is 11.3 Å². The molecule has 3 aromatic carbocycles. The molecule has 4 rings (SSSR count). The van der Waals surface area contributed by atoms with Gasteiger partial charge in [-0.05, 0) is 35.4 Å². The van der Waals surface area contributed by atoms with E-state index in [2.05, 4.69) is 24.3 Å². The summed E-state index contributed by atoms with van der Waals surface area (Å²) >= 11 is 0. The van der Waals surface area contributed by atoms with E-state index in [1.165, 1.54) is 11.8 Å². The number of nitrogens with zero attached hydrogens (tertiary/aromatic N) is 2. The predicted molar refractivity (Wildman–Crippen MR) is 109 cm³/mol. The molecular weight excluding hydrogens is 356 g/mol. The van der Waals surface area contributed by atoms with Crippen LogP contribution in [-0.4, -0.2) is 20.4 Å². The molecule has 0 aliphatic carbocycles. The average molecular weight is 376 g/mol. The minimum Gasteiger partial charge on any atom is -0.257 e. The van der Waals surface area contributed by atoms with Crippen molar-refractivity contribution in [2.24, 2.45) is 5.10 Å². The van der Waals surface area contributed by atoms with Crippen LogP contribution in [0.4, 0.5) is 5.69 Å². The maximum atomic E-state index is 11.7. The first-order valence-electron chi connectivity index (χ1n) is 8.79. The Morgan fingerprint density at radius 3 is 2.04 bits per heavy atom. The van der Waals surface area contributed by atoms with Crippen molar-refractivity contribution in [3.05, 3.63) is 96.1 Å². The Morgan fingerprint density at radius 1 is 0.852 bits per heavy atom. The molecule has 0 bridgehead atoms. The molecule has 4 nitrogen and oxygen atoms in total. The molecule has 5 heteroatoms. The van der Waals surface area contributed by atoms with Gasteiger partial charge in [0.15, 0.2) is 9.84 Å². The van der Waals surface area contributed by atoms with Crippen LogP contribution in [0.25, 0.3) is 0 Å². The average Bonchev–Trinajstić information content (AvgIpc) is 3.14. The highest BCUT2D eigenvalue weighted by molar-refractivity contribution is 7.90. The highest BCUT2D eigenvalue weighted by Gasteiger charge is 2.29. The summed E-state index contributed by atoms with van der Waals surface area (Å²) in [5, 5.41) is 6.87. The van der Waals surface area contributed by atoms with Gasteiger partial charge in [-0.3, -0.25) is 5.01 Å². The summed E-state index contributed by atoms with van der Waals surface area (Å²) in [4.78, 5) is 0.314. The number of rotatable bonds is 4. The fraction of sp³-hybridized carbons (Fsp3) is 0.136. The zero-order chi connectivity index (χ0) is 18.9. The molecule has 0 unspecified atom stereocenters. The molecule has 0 radical (unpaired) electrons. The third-order valence-corrected chi connectivity index (χ3v) is 5.86. The Morgan fingerprint density at radius 2 is 1.44 bits per heavy atom. The van der Waals surface area contributed by atoms with Gasteiger partial charge in [0.2, 0.25) is 0 Å². The summed E-state index contributed by atoms with van der Waals surface area (Å²) < 4.78 is 23.5. The lowest BCUT2D eigenvalue weighted by molar-refractivity contribution is 0.602. The van der Waals surface area contributed by atoms with Gasteiger partial charge < -0.3 is 0 Å². The van der Waals surface area contributed by atoms with Crippen LogP contribution in [0, 0.1) is 0 Å². The summed E-state index contributed by atoms with van der Waals surface area (Å²) in [6, 6.07) is 27.4. The summed E-state index contributed by atoms with van der Waals surface area (Å²) in [7, 11) is -3.22. The normalized spacial score (nSPS) is 17.0. The predicted octanol–water partition coefficient (Wildman–Crippen LogP) is 4.45. The van der Waals surface area contributed by atoms with Gasteiger partial charge in [0.05, 0.1) is 22.3 Å². The Bertz CT molecular complexity index is 1060. The highest BCUT2D eigenvalue weighted by atomic mass is 32.2. The fourth-order valence-corrected chi connectivity index (χ4v) is 3.96. The SMILES string of the molecule is CS(=O)(=O)c1ccc(N2N=C(c3ccccc3)C[C@@H]2c2ccccc2)cc1. The molecule has 1 aliphatic rings. The lowest BCUT2D eigenvalue weighted by atomic mass is 9.98. The number of anilines is 1. The Kier molecular flexibility index (Phi) is 4.54. The molecule has 0 amide bonds. The van der Waals surface area contributed by atoms with Gasteiger partial charge in [0, 0.05) is 12.7 Å². The minimum absolute atomic E-state index is 0.0745. The molecular formula is C22H20N2O2S. The van der Waals surface area contributed by atoms with Gasteiger partial charge in [0.25, 0.3) is 0 Å². The quantitative estimate of drug-likeness (QED) is 0.676. The van der Waals surface area contributed by atoms with E-state index in [9.17, 15) is 8.42 Å². The van der Waals surface area contributed by atoms with Crippen molar-refractivity contribution in [1.82, 2.24) is 0 Å². The maximum Gasteiger partial charge on any atom is 0.175 e. The molecule has 0 spiro atoms. The zero-order valence-electron chi connectivity index (χ0n) is 15.0. The van der Waals surface area contributed by atoms with Crippen LogP contribution in [0.5, 0.6) is 0 Å². The van der Waals surface area contributed by atoms with Crippen molar-refractivity contribution < 1.29 is 8.42 Å². The van der Waals surface area contributed by atoms with Gasteiger partial charge in [0.1, 0.15) is 0 Å². The van der Waals surface area contributed by atoms with E-state index in [1.807, 2.05) is 53.5 Å². The molecule has 0 saturated carbocycles. The first kappa shape index (κ1) is 17.5. The summed E-state index contributed by atoms with van der Waals surface area (Å²) in [5.74, 6) is 0. The van der Waals surface area contributed by atoms with Crippen LogP contribution in [0.3, 0.4) is 0 Å². The van der Waals surface area contributed by atoms with Gasteiger partial charge in [-0.1, -0.05) is 60.7 Å². The van der Waals surface area contributed by atoms with Crippen LogP contribution in [0.1, 0.15) is 23.6 Å². The van der Waals surface area contributed by atoms with Crippen molar-refractivity contribution in [2.45, 2.75) is 17.4 Å². The van der Waals surface area contributed by atoms with E-state index in [4.69, 9.17) is 5.10 Å². The minimum atomic E-state index is -3.22. The molecule has 0 aromatic heterocycles. The lowest BCUT2D eigenvalue weighted by Crippen LogP contribution is -2.18.